The van der Waals surface area contributed by atoms with Crippen LogP contribution in [0, 0.1) is 0 Å². The fourth-order valence-corrected chi connectivity index (χ4v) is 3.48. The first kappa shape index (κ1) is 20.8. The van der Waals surface area contributed by atoms with Crippen LogP contribution < -0.4 is 4.90 Å². The van der Waals surface area contributed by atoms with Crippen molar-refractivity contribution in [3.05, 3.63) is 102 Å². The lowest BCUT2D eigenvalue weighted by Gasteiger charge is -2.34. The Morgan fingerprint density at radius 2 is 1.74 bits per heavy atom. The summed E-state index contributed by atoms with van der Waals surface area (Å²) >= 11 is 0. The molecule has 0 amide bonds. The number of allylic oxidation sites excluding steroid dienone is 1. The van der Waals surface area contributed by atoms with E-state index >= 15 is 0 Å². The summed E-state index contributed by atoms with van der Waals surface area (Å²) < 4.78 is 5.68. The van der Waals surface area contributed by atoms with Crippen LogP contribution in [0.5, 0.6) is 0 Å². The number of para-hydroxylation sites is 1. The monoisotopic (exact) mass is 416 g/mol. The van der Waals surface area contributed by atoms with Crippen LogP contribution in [0.15, 0.2) is 102 Å². The number of aliphatic hydroxyl groups is 2. The molecule has 2 N–H and O–H groups in total. The zero-order valence-electron chi connectivity index (χ0n) is 17.0. The SMILES string of the molecule is O=C(OCc1ccccc1)[C@H](CC1=CCC(O)(O)C=C1)N(C1=NC=C1)c1ccccc1. The second-order valence-electron chi connectivity index (χ2n) is 7.52. The molecule has 1 aliphatic heterocycles. The minimum Gasteiger partial charge on any atom is -0.459 e. The average Bonchev–Trinajstić information content (AvgIpc) is 2.75. The van der Waals surface area contributed by atoms with Gasteiger partial charge in [-0.1, -0.05) is 60.7 Å². The topological polar surface area (TPSA) is 82.4 Å². The molecule has 6 heteroatoms. The minimum absolute atomic E-state index is 0.0663. The molecule has 2 aromatic carbocycles. The molecule has 0 aromatic heterocycles. The van der Waals surface area contributed by atoms with Crippen molar-refractivity contribution in [1.29, 1.82) is 0 Å². The van der Waals surface area contributed by atoms with Gasteiger partial charge in [0.25, 0.3) is 0 Å². The molecule has 2 aromatic rings. The summed E-state index contributed by atoms with van der Waals surface area (Å²) in [5, 5.41) is 19.5. The molecule has 158 valence electrons. The molecule has 0 unspecified atom stereocenters. The van der Waals surface area contributed by atoms with Gasteiger partial charge in [0.1, 0.15) is 18.5 Å². The standard InChI is InChI=1S/C25H24N2O4/c28-24(31-18-20-7-3-1-4-8-20)22(17-19-11-14-25(29,30)15-12-19)27(23-13-16-26-23)21-9-5-2-6-10-21/h1-14,16,22,29-30H,15,17-18H2/t22-/m0/s1. The number of anilines is 1. The quantitative estimate of drug-likeness (QED) is 0.533. The number of nitrogens with zero attached hydrogens (tertiary/aromatic N) is 2. The van der Waals surface area contributed by atoms with Crippen molar-refractivity contribution >= 4 is 17.5 Å². The highest BCUT2D eigenvalue weighted by molar-refractivity contribution is 6.12. The van der Waals surface area contributed by atoms with E-state index < -0.39 is 11.8 Å². The number of benzene rings is 2. The number of ether oxygens (including phenoxy) is 1. The minimum atomic E-state index is -1.85. The molecule has 4 rings (SSSR count). The summed E-state index contributed by atoms with van der Waals surface area (Å²) in [5.74, 6) is -1.56. The number of carbonyl (C=O) groups is 1. The molecule has 1 aliphatic carbocycles. The largest absolute Gasteiger partial charge is 0.459 e. The molecule has 0 saturated heterocycles. The van der Waals surface area contributed by atoms with Crippen LogP contribution in [-0.4, -0.2) is 33.8 Å². The number of hydrogen-bond acceptors (Lipinski definition) is 6. The molecule has 1 heterocycles. The highest BCUT2D eigenvalue weighted by atomic mass is 16.5. The fourth-order valence-electron chi connectivity index (χ4n) is 3.48. The van der Waals surface area contributed by atoms with Crippen molar-refractivity contribution in [2.45, 2.75) is 31.3 Å². The summed E-state index contributed by atoms with van der Waals surface area (Å²) in [6, 6.07) is 18.4. The van der Waals surface area contributed by atoms with Crippen molar-refractivity contribution < 1.29 is 19.7 Å². The Hall–Kier alpha value is -3.48. The summed E-state index contributed by atoms with van der Waals surface area (Å²) in [4.78, 5) is 19.5. The Morgan fingerprint density at radius 3 is 2.32 bits per heavy atom. The van der Waals surface area contributed by atoms with Gasteiger partial charge < -0.3 is 19.8 Å². The molecule has 6 nitrogen and oxygen atoms in total. The van der Waals surface area contributed by atoms with Gasteiger partial charge in [0.2, 0.25) is 0 Å². The Balaban J connectivity index is 1.60. The van der Waals surface area contributed by atoms with Crippen molar-refractivity contribution in [3.8, 4) is 0 Å². The van der Waals surface area contributed by atoms with Gasteiger partial charge in [-0.15, -0.1) is 0 Å². The fraction of sp³-hybridized carbons (Fsp3) is 0.200. The average molecular weight is 416 g/mol. The normalized spacial score (nSPS) is 17.2. The van der Waals surface area contributed by atoms with E-state index in [-0.39, 0.29) is 19.0 Å². The summed E-state index contributed by atoms with van der Waals surface area (Å²) in [6.07, 6.45) is 8.65. The molecule has 2 aliphatic rings. The van der Waals surface area contributed by atoms with E-state index in [1.165, 1.54) is 6.08 Å². The van der Waals surface area contributed by atoms with Crippen LogP contribution >= 0.6 is 0 Å². The summed E-state index contributed by atoms with van der Waals surface area (Å²) in [5.41, 5.74) is 2.56. The summed E-state index contributed by atoms with van der Waals surface area (Å²) in [7, 11) is 0. The number of carbonyl (C=O) groups excluding carboxylic acids is 1. The number of esters is 1. The van der Waals surface area contributed by atoms with Gasteiger partial charge in [0.05, 0.1) is 0 Å². The van der Waals surface area contributed by atoms with E-state index in [2.05, 4.69) is 4.99 Å². The predicted molar refractivity (Wildman–Crippen MR) is 119 cm³/mol. The van der Waals surface area contributed by atoms with Crippen molar-refractivity contribution in [2.24, 2.45) is 4.99 Å². The smallest absolute Gasteiger partial charge is 0.329 e. The van der Waals surface area contributed by atoms with Crippen LogP contribution in [0.25, 0.3) is 0 Å². The molecule has 31 heavy (non-hydrogen) atoms. The molecule has 0 fully saturated rings. The van der Waals surface area contributed by atoms with Crippen LogP contribution in [-0.2, 0) is 16.1 Å². The maximum absolute atomic E-state index is 13.3. The molecular weight excluding hydrogens is 392 g/mol. The Kier molecular flexibility index (Phi) is 6.11. The van der Waals surface area contributed by atoms with Gasteiger partial charge in [0, 0.05) is 24.7 Å². The van der Waals surface area contributed by atoms with E-state index in [9.17, 15) is 15.0 Å². The van der Waals surface area contributed by atoms with Crippen molar-refractivity contribution in [3.63, 3.8) is 0 Å². The zero-order chi connectivity index (χ0) is 21.7. The Bertz CT molecular complexity index is 1040. The third-order valence-corrected chi connectivity index (χ3v) is 5.18. The van der Waals surface area contributed by atoms with Crippen LogP contribution in [0.3, 0.4) is 0 Å². The van der Waals surface area contributed by atoms with Crippen LogP contribution in [0.1, 0.15) is 18.4 Å². The highest BCUT2D eigenvalue weighted by Crippen LogP contribution is 2.28. The van der Waals surface area contributed by atoms with E-state index in [1.807, 2.05) is 71.6 Å². The zero-order valence-corrected chi connectivity index (χ0v) is 17.0. The number of hydrogen-bond donors (Lipinski definition) is 2. The van der Waals surface area contributed by atoms with Crippen LogP contribution in [0.4, 0.5) is 5.69 Å². The van der Waals surface area contributed by atoms with Gasteiger partial charge in [-0.05, 0) is 35.4 Å². The summed E-state index contributed by atoms with van der Waals surface area (Å²) in [6.45, 7) is 0.173. The van der Waals surface area contributed by atoms with Gasteiger partial charge in [-0.3, -0.25) is 0 Å². The third-order valence-electron chi connectivity index (χ3n) is 5.18. The van der Waals surface area contributed by atoms with E-state index in [1.54, 1.807) is 18.4 Å². The van der Waals surface area contributed by atoms with Gasteiger partial charge in [-0.2, -0.15) is 0 Å². The predicted octanol–water partition coefficient (Wildman–Crippen LogP) is 3.49. The third kappa shape index (κ3) is 5.17. The lowest BCUT2D eigenvalue weighted by Crippen LogP contribution is -2.47. The molecular formula is C25H24N2O4. The van der Waals surface area contributed by atoms with E-state index in [4.69, 9.17) is 4.74 Å². The van der Waals surface area contributed by atoms with Gasteiger partial charge in [0.15, 0.2) is 5.79 Å². The second kappa shape index (κ2) is 9.12. The molecule has 0 spiro atoms. The lowest BCUT2D eigenvalue weighted by molar-refractivity contribution is -0.146. The first-order chi connectivity index (χ1) is 15.0. The van der Waals surface area contributed by atoms with E-state index in [0.717, 1.165) is 16.8 Å². The maximum atomic E-state index is 13.3. The second-order valence-corrected chi connectivity index (χ2v) is 7.52. The van der Waals surface area contributed by atoms with Crippen molar-refractivity contribution in [2.75, 3.05) is 4.90 Å². The van der Waals surface area contributed by atoms with E-state index in [0.29, 0.717) is 12.3 Å². The maximum Gasteiger partial charge on any atom is 0.329 e. The molecule has 0 radical (unpaired) electrons. The number of rotatable bonds is 7. The van der Waals surface area contributed by atoms with Gasteiger partial charge >= 0.3 is 5.97 Å². The van der Waals surface area contributed by atoms with Crippen LogP contribution in [0.2, 0.25) is 0 Å². The van der Waals surface area contributed by atoms with Gasteiger partial charge in [-0.25, -0.2) is 9.79 Å². The first-order valence-electron chi connectivity index (χ1n) is 10.1. The number of aliphatic imine (C=N–C) groups is 1. The lowest BCUT2D eigenvalue weighted by atomic mass is 9.95. The first-order valence-corrected chi connectivity index (χ1v) is 10.1. The Morgan fingerprint density at radius 1 is 1.06 bits per heavy atom. The molecule has 0 saturated carbocycles. The molecule has 0 bridgehead atoms. The highest BCUT2D eigenvalue weighted by Gasteiger charge is 2.33. The number of amidine groups is 1. The Labute approximate surface area is 181 Å². The van der Waals surface area contributed by atoms with Crippen molar-refractivity contribution in [1.82, 2.24) is 0 Å². The molecule has 1 atom stereocenters.